The van der Waals surface area contributed by atoms with Crippen LogP contribution < -0.4 is 10.1 Å². The summed E-state index contributed by atoms with van der Waals surface area (Å²) < 4.78 is 20.7. The van der Waals surface area contributed by atoms with E-state index in [2.05, 4.69) is 31.2 Å². The van der Waals surface area contributed by atoms with Crippen LogP contribution >= 0.6 is 0 Å². The van der Waals surface area contributed by atoms with Crippen LogP contribution in [-0.2, 0) is 16.8 Å². The average Bonchev–Trinajstić information content (AvgIpc) is 3.05. The molecule has 0 aliphatic rings. The van der Waals surface area contributed by atoms with Gasteiger partial charge in [-0.3, -0.25) is 4.79 Å². The van der Waals surface area contributed by atoms with Crippen molar-refractivity contribution < 1.29 is 13.9 Å². The maximum absolute atomic E-state index is 13.6. The lowest BCUT2D eigenvalue weighted by atomic mass is 9.92. The van der Waals surface area contributed by atoms with Crippen LogP contribution in [0.25, 0.3) is 0 Å². The van der Waals surface area contributed by atoms with E-state index in [9.17, 15) is 9.18 Å². The number of ether oxygens (including phenoxy) is 1. The molecule has 6 heteroatoms. The first kappa shape index (κ1) is 19.6. The van der Waals surface area contributed by atoms with Gasteiger partial charge in [0.15, 0.2) is 18.2 Å². The number of halogens is 1. The standard InChI is InChI=1S/C22H24FN3O2/c1-22(2,3)19-13-20(26(25-19)14-16-9-5-4-6-10-16)24-21(27)15-28-18-12-8-7-11-17(18)23/h4-13H,14-15H2,1-3H3,(H,24,27). The van der Waals surface area contributed by atoms with Crippen LogP contribution in [0.2, 0.25) is 0 Å². The lowest BCUT2D eigenvalue weighted by Crippen LogP contribution is -2.22. The second kappa shape index (κ2) is 8.25. The van der Waals surface area contributed by atoms with Gasteiger partial charge < -0.3 is 10.1 Å². The van der Waals surface area contributed by atoms with Crippen molar-refractivity contribution >= 4 is 11.7 Å². The molecular weight excluding hydrogens is 357 g/mol. The molecule has 1 heterocycles. The van der Waals surface area contributed by atoms with Crippen LogP contribution in [0, 0.1) is 5.82 Å². The molecule has 0 saturated carbocycles. The summed E-state index contributed by atoms with van der Waals surface area (Å²) in [4.78, 5) is 12.4. The van der Waals surface area contributed by atoms with E-state index in [1.54, 1.807) is 16.8 Å². The number of para-hydroxylation sites is 1. The van der Waals surface area contributed by atoms with E-state index in [1.165, 1.54) is 12.1 Å². The fourth-order valence-corrected chi connectivity index (χ4v) is 2.64. The maximum atomic E-state index is 13.6. The molecule has 0 fully saturated rings. The van der Waals surface area contributed by atoms with E-state index in [0.29, 0.717) is 12.4 Å². The molecule has 3 rings (SSSR count). The number of nitrogens with one attached hydrogen (secondary N) is 1. The molecule has 0 saturated heterocycles. The molecular formula is C22H24FN3O2. The Balaban J connectivity index is 1.75. The van der Waals surface area contributed by atoms with Crippen molar-refractivity contribution in [1.82, 2.24) is 9.78 Å². The van der Waals surface area contributed by atoms with Gasteiger partial charge in [-0.25, -0.2) is 9.07 Å². The van der Waals surface area contributed by atoms with Crippen LogP contribution in [0.3, 0.4) is 0 Å². The van der Waals surface area contributed by atoms with Gasteiger partial charge in [0.25, 0.3) is 5.91 Å². The van der Waals surface area contributed by atoms with Crippen molar-refractivity contribution in [2.45, 2.75) is 32.7 Å². The van der Waals surface area contributed by atoms with Crippen molar-refractivity contribution in [2.75, 3.05) is 11.9 Å². The Morgan fingerprint density at radius 3 is 2.46 bits per heavy atom. The third-order valence-electron chi connectivity index (χ3n) is 4.19. The number of carbonyl (C=O) groups is 1. The predicted molar refractivity (Wildman–Crippen MR) is 107 cm³/mol. The zero-order valence-corrected chi connectivity index (χ0v) is 16.3. The molecule has 28 heavy (non-hydrogen) atoms. The molecule has 0 radical (unpaired) electrons. The second-order valence-electron chi connectivity index (χ2n) is 7.58. The number of carbonyl (C=O) groups excluding carboxylic acids is 1. The van der Waals surface area contributed by atoms with Crippen LogP contribution in [0.5, 0.6) is 5.75 Å². The largest absolute Gasteiger partial charge is 0.481 e. The number of anilines is 1. The SMILES string of the molecule is CC(C)(C)c1cc(NC(=O)COc2ccccc2F)n(Cc2ccccc2)n1. The summed E-state index contributed by atoms with van der Waals surface area (Å²) in [5.74, 6) is -0.251. The van der Waals surface area contributed by atoms with E-state index in [4.69, 9.17) is 4.74 Å². The summed E-state index contributed by atoms with van der Waals surface area (Å²) >= 11 is 0. The second-order valence-corrected chi connectivity index (χ2v) is 7.58. The zero-order chi connectivity index (χ0) is 20.1. The van der Waals surface area contributed by atoms with E-state index in [0.717, 1.165) is 11.3 Å². The quantitative estimate of drug-likeness (QED) is 0.689. The topological polar surface area (TPSA) is 56.1 Å². The molecule has 0 unspecified atom stereocenters. The van der Waals surface area contributed by atoms with E-state index >= 15 is 0 Å². The fourth-order valence-electron chi connectivity index (χ4n) is 2.64. The monoisotopic (exact) mass is 381 g/mol. The van der Waals surface area contributed by atoms with Gasteiger partial charge in [-0.05, 0) is 17.7 Å². The van der Waals surface area contributed by atoms with Crippen molar-refractivity contribution in [3.8, 4) is 5.75 Å². The molecule has 146 valence electrons. The Morgan fingerprint density at radius 1 is 1.11 bits per heavy atom. The Labute approximate surface area is 164 Å². The van der Waals surface area contributed by atoms with E-state index in [1.807, 2.05) is 36.4 Å². The lowest BCUT2D eigenvalue weighted by molar-refractivity contribution is -0.118. The van der Waals surface area contributed by atoms with Crippen LogP contribution in [0.15, 0.2) is 60.7 Å². The number of hydrogen-bond donors (Lipinski definition) is 1. The minimum atomic E-state index is -0.501. The molecule has 0 atom stereocenters. The summed E-state index contributed by atoms with van der Waals surface area (Å²) in [6, 6.07) is 17.8. The van der Waals surface area contributed by atoms with Gasteiger partial charge in [-0.1, -0.05) is 63.2 Å². The van der Waals surface area contributed by atoms with E-state index < -0.39 is 5.82 Å². The summed E-state index contributed by atoms with van der Waals surface area (Å²) in [6.45, 7) is 6.43. The molecule has 0 aliphatic heterocycles. The van der Waals surface area contributed by atoms with Gasteiger partial charge in [0.2, 0.25) is 0 Å². The minimum absolute atomic E-state index is 0.0471. The first-order chi connectivity index (χ1) is 13.3. The third-order valence-corrected chi connectivity index (χ3v) is 4.19. The van der Waals surface area contributed by atoms with Gasteiger partial charge in [0.1, 0.15) is 5.82 Å². The van der Waals surface area contributed by atoms with Gasteiger partial charge in [-0.2, -0.15) is 5.10 Å². The summed E-state index contributed by atoms with van der Waals surface area (Å²) in [7, 11) is 0. The van der Waals surface area contributed by atoms with Crippen molar-refractivity contribution in [3.05, 3.63) is 77.7 Å². The average molecular weight is 381 g/mol. The molecule has 0 aliphatic carbocycles. The van der Waals surface area contributed by atoms with Crippen molar-refractivity contribution in [3.63, 3.8) is 0 Å². The minimum Gasteiger partial charge on any atom is -0.481 e. The highest BCUT2D eigenvalue weighted by Crippen LogP contribution is 2.25. The number of benzene rings is 2. The van der Waals surface area contributed by atoms with E-state index in [-0.39, 0.29) is 23.7 Å². The Hall–Kier alpha value is -3.15. The Bertz CT molecular complexity index is 946. The summed E-state index contributed by atoms with van der Waals surface area (Å²) in [5.41, 5.74) is 1.78. The fraction of sp³-hybridized carbons (Fsp3) is 0.273. The van der Waals surface area contributed by atoms with Crippen molar-refractivity contribution in [1.29, 1.82) is 0 Å². The highest BCUT2D eigenvalue weighted by molar-refractivity contribution is 5.91. The van der Waals surface area contributed by atoms with Crippen LogP contribution in [0.1, 0.15) is 32.0 Å². The number of amides is 1. The van der Waals surface area contributed by atoms with Gasteiger partial charge in [0, 0.05) is 11.5 Å². The number of aromatic nitrogens is 2. The first-order valence-corrected chi connectivity index (χ1v) is 9.12. The molecule has 1 N–H and O–H groups in total. The number of nitrogens with zero attached hydrogens (tertiary/aromatic N) is 2. The first-order valence-electron chi connectivity index (χ1n) is 9.12. The molecule has 3 aromatic rings. The smallest absolute Gasteiger partial charge is 0.263 e. The number of hydrogen-bond acceptors (Lipinski definition) is 3. The predicted octanol–water partition coefficient (Wildman–Crippen LogP) is 4.39. The molecule has 0 spiro atoms. The summed E-state index contributed by atoms with van der Waals surface area (Å²) in [5, 5.41) is 7.49. The Morgan fingerprint density at radius 2 is 1.79 bits per heavy atom. The normalized spacial score (nSPS) is 11.3. The summed E-state index contributed by atoms with van der Waals surface area (Å²) in [6.07, 6.45) is 0. The highest BCUT2D eigenvalue weighted by atomic mass is 19.1. The van der Waals surface area contributed by atoms with Gasteiger partial charge >= 0.3 is 0 Å². The van der Waals surface area contributed by atoms with Crippen molar-refractivity contribution in [2.24, 2.45) is 0 Å². The highest BCUT2D eigenvalue weighted by Gasteiger charge is 2.21. The van der Waals surface area contributed by atoms with Gasteiger partial charge in [0.05, 0.1) is 12.2 Å². The van der Waals surface area contributed by atoms with Crippen LogP contribution in [0.4, 0.5) is 10.2 Å². The molecule has 1 aromatic heterocycles. The van der Waals surface area contributed by atoms with Gasteiger partial charge in [-0.15, -0.1) is 0 Å². The Kier molecular flexibility index (Phi) is 5.78. The molecule has 0 bridgehead atoms. The molecule has 5 nitrogen and oxygen atoms in total. The lowest BCUT2D eigenvalue weighted by Gasteiger charge is -2.14. The number of rotatable bonds is 6. The van der Waals surface area contributed by atoms with Crippen LogP contribution in [-0.4, -0.2) is 22.3 Å². The molecule has 1 amide bonds. The third kappa shape index (κ3) is 4.97. The maximum Gasteiger partial charge on any atom is 0.263 e. The zero-order valence-electron chi connectivity index (χ0n) is 16.3. The molecule has 2 aromatic carbocycles.